The molecule has 0 atom stereocenters. The number of amides is 1. The van der Waals surface area contributed by atoms with Crippen molar-refractivity contribution in [2.24, 2.45) is 0 Å². The zero-order valence-corrected chi connectivity index (χ0v) is 16.4. The predicted molar refractivity (Wildman–Crippen MR) is 107 cm³/mol. The fraction of sp³-hybridized carbons (Fsp3) is 0.200. The van der Waals surface area contributed by atoms with Crippen LogP contribution in [0.5, 0.6) is 0 Å². The molecule has 0 unspecified atom stereocenters. The Kier molecular flexibility index (Phi) is 5.51. The van der Waals surface area contributed by atoms with Crippen LogP contribution in [-0.2, 0) is 27.8 Å². The summed E-state index contributed by atoms with van der Waals surface area (Å²) in [6, 6.07) is 13.6. The molecule has 0 radical (unpaired) electrons. The summed E-state index contributed by atoms with van der Waals surface area (Å²) in [4.78, 5) is 24.7. The zero-order valence-electron chi connectivity index (χ0n) is 15.6. The number of nitrogens with zero attached hydrogens (tertiary/aromatic N) is 2. The van der Waals surface area contributed by atoms with Crippen LogP contribution in [0.25, 0.3) is 0 Å². The summed E-state index contributed by atoms with van der Waals surface area (Å²) in [5, 5.41) is 2.70. The summed E-state index contributed by atoms with van der Waals surface area (Å²) in [6.07, 6.45) is 3.33. The van der Waals surface area contributed by atoms with Gasteiger partial charge in [-0.2, -0.15) is 3.97 Å². The van der Waals surface area contributed by atoms with Crippen LogP contribution in [0.15, 0.2) is 70.6 Å². The second kappa shape index (κ2) is 7.85. The van der Waals surface area contributed by atoms with Gasteiger partial charge in [0.1, 0.15) is 6.54 Å². The molecule has 0 bridgehead atoms. The van der Waals surface area contributed by atoms with E-state index in [0.29, 0.717) is 9.66 Å². The lowest BCUT2D eigenvalue weighted by Crippen LogP contribution is -2.32. The average molecular weight is 399 g/mol. The lowest BCUT2D eigenvalue weighted by atomic mass is 10.1. The summed E-state index contributed by atoms with van der Waals surface area (Å²) >= 11 is 0. The van der Waals surface area contributed by atoms with Crippen molar-refractivity contribution in [2.75, 3.05) is 5.32 Å². The molecule has 0 aliphatic heterocycles. The molecule has 146 valence electrons. The molecule has 0 fully saturated rings. The number of aromatic nitrogens is 2. The molecule has 28 heavy (non-hydrogen) atoms. The van der Waals surface area contributed by atoms with E-state index in [1.165, 1.54) is 18.3 Å². The highest BCUT2D eigenvalue weighted by Gasteiger charge is 2.21. The highest BCUT2D eigenvalue weighted by atomic mass is 32.2. The molecule has 0 saturated carbocycles. The van der Waals surface area contributed by atoms with Crippen molar-refractivity contribution in [3.8, 4) is 0 Å². The maximum Gasteiger partial charge on any atom is 0.342 e. The minimum atomic E-state index is -4.02. The zero-order chi connectivity index (χ0) is 20.3. The third kappa shape index (κ3) is 4.07. The Balaban J connectivity index is 1.78. The molecule has 0 aliphatic rings. The number of carbonyl (C=O) groups is 1. The van der Waals surface area contributed by atoms with E-state index in [9.17, 15) is 18.0 Å². The Morgan fingerprint density at radius 3 is 2.25 bits per heavy atom. The molecule has 3 aromatic rings. The number of hydrogen-bond acceptors (Lipinski definition) is 4. The summed E-state index contributed by atoms with van der Waals surface area (Å²) in [5.41, 5.74) is 1.87. The first-order valence-electron chi connectivity index (χ1n) is 8.80. The van der Waals surface area contributed by atoms with Gasteiger partial charge in [0.25, 0.3) is 10.0 Å². The number of hydrogen-bond donors (Lipinski definition) is 1. The minimum absolute atomic E-state index is 0.0124. The lowest BCUT2D eigenvalue weighted by Gasteiger charge is -2.07. The van der Waals surface area contributed by atoms with Crippen molar-refractivity contribution >= 4 is 21.6 Å². The first kappa shape index (κ1) is 19.6. The van der Waals surface area contributed by atoms with E-state index >= 15 is 0 Å². The van der Waals surface area contributed by atoms with Crippen LogP contribution in [0.4, 0.5) is 5.69 Å². The summed E-state index contributed by atoms with van der Waals surface area (Å²) in [5.74, 6) is -0.420. The first-order chi connectivity index (χ1) is 13.3. The van der Waals surface area contributed by atoms with Crippen molar-refractivity contribution < 1.29 is 13.2 Å². The van der Waals surface area contributed by atoms with E-state index in [1.807, 2.05) is 26.0 Å². The normalized spacial score (nSPS) is 11.4. The van der Waals surface area contributed by atoms with Gasteiger partial charge in [-0.25, -0.2) is 13.2 Å². The minimum Gasteiger partial charge on any atom is -0.325 e. The van der Waals surface area contributed by atoms with Gasteiger partial charge >= 0.3 is 5.69 Å². The Bertz CT molecular complexity index is 1140. The first-order valence-corrected chi connectivity index (χ1v) is 10.2. The van der Waals surface area contributed by atoms with Crippen molar-refractivity contribution in [1.29, 1.82) is 0 Å². The average Bonchev–Trinajstić information content (AvgIpc) is 3.03. The maximum absolute atomic E-state index is 12.7. The fourth-order valence-electron chi connectivity index (χ4n) is 2.70. The molecule has 1 aromatic heterocycles. The molecule has 0 saturated heterocycles. The van der Waals surface area contributed by atoms with Gasteiger partial charge in [-0.05, 0) is 43.2 Å². The van der Waals surface area contributed by atoms with Crippen LogP contribution < -0.4 is 11.0 Å². The van der Waals surface area contributed by atoms with Crippen LogP contribution in [-0.4, -0.2) is 22.9 Å². The van der Waals surface area contributed by atoms with Crippen LogP contribution in [0.2, 0.25) is 0 Å². The number of benzene rings is 2. The predicted octanol–water partition coefficient (Wildman–Crippen LogP) is 2.40. The van der Waals surface area contributed by atoms with Crippen molar-refractivity contribution in [1.82, 2.24) is 8.54 Å². The summed E-state index contributed by atoms with van der Waals surface area (Å²) < 4.78 is 27.0. The third-order valence-corrected chi connectivity index (χ3v) is 6.02. The number of nitrogens with one attached hydrogen (secondary N) is 1. The second-order valence-electron chi connectivity index (χ2n) is 6.42. The molecule has 8 heteroatoms. The second-order valence-corrected chi connectivity index (χ2v) is 8.24. The topological polar surface area (TPSA) is 90.2 Å². The van der Waals surface area contributed by atoms with Crippen LogP contribution >= 0.6 is 0 Å². The lowest BCUT2D eigenvalue weighted by molar-refractivity contribution is -0.116. The molecule has 3 rings (SSSR count). The van der Waals surface area contributed by atoms with Gasteiger partial charge < -0.3 is 5.32 Å². The number of anilines is 1. The Morgan fingerprint density at radius 1 is 1.00 bits per heavy atom. The van der Waals surface area contributed by atoms with E-state index in [0.717, 1.165) is 28.3 Å². The van der Waals surface area contributed by atoms with Gasteiger partial charge in [0.05, 0.1) is 4.90 Å². The molecule has 1 N–H and O–H groups in total. The van der Waals surface area contributed by atoms with E-state index in [2.05, 4.69) is 5.32 Å². The third-order valence-electron chi connectivity index (χ3n) is 4.35. The van der Waals surface area contributed by atoms with Crippen molar-refractivity contribution in [2.45, 2.75) is 31.7 Å². The van der Waals surface area contributed by atoms with Gasteiger partial charge in [-0.15, -0.1) is 0 Å². The molecule has 0 spiro atoms. The van der Waals surface area contributed by atoms with E-state index in [4.69, 9.17) is 0 Å². The van der Waals surface area contributed by atoms with E-state index < -0.39 is 21.6 Å². The number of rotatable bonds is 6. The van der Waals surface area contributed by atoms with Crippen LogP contribution in [0.1, 0.15) is 18.1 Å². The highest BCUT2D eigenvalue weighted by molar-refractivity contribution is 7.90. The van der Waals surface area contributed by atoms with Gasteiger partial charge in [0.2, 0.25) is 5.91 Å². The Hall–Kier alpha value is -3.13. The molecule has 1 heterocycles. The van der Waals surface area contributed by atoms with Crippen LogP contribution in [0.3, 0.4) is 0 Å². The van der Waals surface area contributed by atoms with Gasteiger partial charge in [-0.3, -0.25) is 9.36 Å². The van der Waals surface area contributed by atoms with Crippen molar-refractivity contribution in [3.05, 3.63) is 82.5 Å². The monoisotopic (exact) mass is 399 g/mol. The van der Waals surface area contributed by atoms with Gasteiger partial charge in [-0.1, -0.05) is 36.8 Å². The number of imidazole rings is 1. The maximum atomic E-state index is 12.7. The highest BCUT2D eigenvalue weighted by Crippen LogP contribution is 2.13. The van der Waals surface area contributed by atoms with E-state index in [1.54, 1.807) is 24.3 Å². The molecular weight excluding hydrogens is 378 g/mol. The Labute approximate surface area is 163 Å². The largest absolute Gasteiger partial charge is 0.342 e. The quantitative estimate of drug-likeness (QED) is 0.689. The standard InChI is InChI=1S/C20H21N3O4S/c1-3-16-6-8-17(9-7-16)21-19(24)14-22-12-13-23(20(22)25)28(26,27)18-10-4-15(2)5-11-18/h4-13H,3,14H2,1-2H3,(H,21,24). The van der Waals surface area contributed by atoms with Crippen LogP contribution in [0, 0.1) is 6.92 Å². The fourth-order valence-corrected chi connectivity index (χ4v) is 3.93. The molecule has 7 nitrogen and oxygen atoms in total. The van der Waals surface area contributed by atoms with E-state index in [-0.39, 0.29) is 11.4 Å². The molecular formula is C20H21N3O4S. The smallest absolute Gasteiger partial charge is 0.325 e. The van der Waals surface area contributed by atoms with Gasteiger partial charge in [0, 0.05) is 18.1 Å². The summed E-state index contributed by atoms with van der Waals surface area (Å²) in [7, 11) is -4.02. The SMILES string of the molecule is CCc1ccc(NC(=O)Cn2ccn(S(=O)(=O)c3ccc(C)cc3)c2=O)cc1. The Morgan fingerprint density at radius 2 is 1.64 bits per heavy atom. The summed E-state index contributed by atoms with van der Waals surface area (Å²) in [6.45, 7) is 3.59. The molecule has 2 aromatic carbocycles. The van der Waals surface area contributed by atoms with Gasteiger partial charge in [0.15, 0.2) is 0 Å². The molecule has 1 amide bonds. The number of carbonyl (C=O) groups excluding carboxylic acids is 1. The van der Waals surface area contributed by atoms with Crippen molar-refractivity contribution in [3.63, 3.8) is 0 Å². The molecule has 0 aliphatic carbocycles. The number of aryl methyl sites for hydroxylation is 2.